The molecule has 102 valence electrons. The molecule has 0 bridgehead atoms. The van der Waals surface area contributed by atoms with Crippen LogP contribution in [0, 0.1) is 0 Å². The molecule has 0 saturated carbocycles. The minimum atomic E-state index is 0.319. The summed E-state index contributed by atoms with van der Waals surface area (Å²) in [5.41, 5.74) is 0. The molecule has 0 amide bonds. The molecule has 1 saturated heterocycles. The van der Waals surface area contributed by atoms with Crippen molar-refractivity contribution < 1.29 is 4.42 Å². The Bertz CT molecular complexity index is 340. The van der Waals surface area contributed by atoms with Gasteiger partial charge >= 0.3 is 0 Å². The highest BCUT2D eigenvalue weighted by molar-refractivity contribution is 7.99. The Labute approximate surface area is 114 Å². The number of likely N-dealkylation sites (N-methyl/N-ethyl adjacent to an activating group) is 1. The molecule has 3 unspecified atom stereocenters. The van der Waals surface area contributed by atoms with E-state index in [-0.39, 0.29) is 0 Å². The van der Waals surface area contributed by atoms with Gasteiger partial charge in [0.05, 0.1) is 12.3 Å². The first-order valence-corrected chi connectivity index (χ1v) is 7.78. The highest BCUT2D eigenvalue weighted by atomic mass is 32.2. The summed E-state index contributed by atoms with van der Waals surface area (Å²) in [6.07, 6.45) is 4.39. The number of nitrogens with zero attached hydrogens (tertiary/aromatic N) is 1. The highest BCUT2D eigenvalue weighted by Gasteiger charge is 2.24. The first kappa shape index (κ1) is 14.0. The second kappa shape index (κ2) is 6.64. The van der Waals surface area contributed by atoms with Crippen molar-refractivity contribution >= 4 is 11.8 Å². The van der Waals surface area contributed by atoms with E-state index in [1.54, 1.807) is 6.26 Å². The first-order chi connectivity index (χ1) is 8.68. The van der Waals surface area contributed by atoms with Crippen LogP contribution in [0.2, 0.25) is 0 Å². The average Bonchev–Trinajstić information content (AvgIpc) is 2.85. The zero-order chi connectivity index (χ0) is 13.0. The fourth-order valence-electron chi connectivity index (χ4n) is 2.47. The number of rotatable bonds is 5. The monoisotopic (exact) mass is 268 g/mol. The fourth-order valence-corrected chi connectivity index (χ4v) is 3.64. The molecule has 0 radical (unpaired) electrons. The van der Waals surface area contributed by atoms with Crippen LogP contribution >= 0.6 is 11.8 Å². The van der Waals surface area contributed by atoms with E-state index in [0.29, 0.717) is 12.1 Å². The van der Waals surface area contributed by atoms with Gasteiger partial charge in [-0.15, -0.1) is 0 Å². The summed E-state index contributed by atoms with van der Waals surface area (Å²) in [5, 5.41) is 4.44. The zero-order valence-corrected chi connectivity index (χ0v) is 12.4. The Kier molecular flexibility index (Phi) is 5.15. The molecule has 1 aromatic heterocycles. The minimum absolute atomic E-state index is 0.319. The number of furan rings is 1. The predicted molar refractivity (Wildman–Crippen MR) is 78.1 cm³/mol. The molecular weight excluding hydrogens is 244 g/mol. The summed E-state index contributed by atoms with van der Waals surface area (Å²) in [7, 11) is 4.21. The van der Waals surface area contributed by atoms with E-state index < -0.39 is 0 Å². The third-order valence-electron chi connectivity index (χ3n) is 3.68. The van der Waals surface area contributed by atoms with Gasteiger partial charge in [0.1, 0.15) is 5.76 Å². The quantitative estimate of drug-likeness (QED) is 0.889. The summed E-state index contributed by atoms with van der Waals surface area (Å²) >= 11 is 2.08. The predicted octanol–water partition coefficient (Wildman–Crippen LogP) is 2.76. The molecule has 2 rings (SSSR count). The van der Waals surface area contributed by atoms with E-state index in [2.05, 4.69) is 49.1 Å². The standard InChI is InChI=1S/C14H24N2OS/c1-11-12(6-5-9-18-11)15-10-13(16(2)3)14-7-4-8-17-14/h4,7-8,11-13,15H,5-6,9-10H2,1-3H3. The summed E-state index contributed by atoms with van der Waals surface area (Å²) in [4.78, 5) is 2.21. The Hall–Kier alpha value is -0.450. The lowest BCUT2D eigenvalue weighted by Gasteiger charge is -2.32. The molecule has 1 N–H and O–H groups in total. The van der Waals surface area contributed by atoms with E-state index >= 15 is 0 Å². The van der Waals surface area contributed by atoms with Crippen molar-refractivity contribution in [2.45, 2.75) is 37.1 Å². The van der Waals surface area contributed by atoms with Crippen LogP contribution in [0.1, 0.15) is 31.6 Å². The third kappa shape index (κ3) is 3.53. The molecule has 0 spiro atoms. The maximum Gasteiger partial charge on any atom is 0.122 e. The van der Waals surface area contributed by atoms with E-state index in [0.717, 1.165) is 17.6 Å². The molecule has 1 aliphatic heterocycles. The molecule has 1 fully saturated rings. The number of nitrogens with one attached hydrogen (secondary N) is 1. The fraction of sp³-hybridized carbons (Fsp3) is 0.714. The summed E-state index contributed by atoms with van der Waals surface area (Å²) < 4.78 is 5.54. The van der Waals surface area contributed by atoms with Gasteiger partial charge in [0.15, 0.2) is 0 Å². The maximum atomic E-state index is 5.54. The van der Waals surface area contributed by atoms with Crippen LogP contribution in [0.3, 0.4) is 0 Å². The van der Waals surface area contributed by atoms with E-state index in [4.69, 9.17) is 4.42 Å². The van der Waals surface area contributed by atoms with Crippen LogP contribution in [0.4, 0.5) is 0 Å². The molecule has 0 aromatic carbocycles. The van der Waals surface area contributed by atoms with Crippen molar-refractivity contribution in [2.24, 2.45) is 0 Å². The summed E-state index contributed by atoms with van der Waals surface area (Å²) in [6, 6.07) is 4.98. The minimum Gasteiger partial charge on any atom is -0.468 e. The maximum absolute atomic E-state index is 5.54. The van der Waals surface area contributed by atoms with Gasteiger partial charge in [-0.2, -0.15) is 11.8 Å². The molecule has 0 aliphatic carbocycles. The van der Waals surface area contributed by atoms with E-state index in [9.17, 15) is 0 Å². The van der Waals surface area contributed by atoms with Crippen molar-refractivity contribution in [2.75, 3.05) is 26.4 Å². The van der Waals surface area contributed by atoms with Crippen LogP contribution in [-0.2, 0) is 0 Å². The molecule has 18 heavy (non-hydrogen) atoms. The molecule has 3 atom stereocenters. The summed E-state index contributed by atoms with van der Waals surface area (Å²) in [6.45, 7) is 3.29. The van der Waals surface area contributed by atoms with Gasteiger partial charge in [-0.05, 0) is 44.8 Å². The van der Waals surface area contributed by atoms with Crippen LogP contribution in [0.5, 0.6) is 0 Å². The van der Waals surface area contributed by atoms with Crippen LogP contribution in [0.15, 0.2) is 22.8 Å². The zero-order valence-electron chi connectivity index (χ0n) is 11.6. The number of hydrogen-bond donors (Lipinski definition) is 1. The van der Waals surface area contributed by atoms with Crippen LogP contribution in [0.25, 0.3) is 0 Å². The summed E-state index contributed by atoms with van der Waals surface area (Å²) in [5.74, 6) is 2.36. The van der Waals surface area contributed by atoms with Gasteiger partial charge in [0.2, 0.25) is 0 Å². The SMILES string of the molecule is CC1SCCCC1NCC(c1ccco1)N(C)C. The largest absolute Gasteiger partial charge is 0.468 e. The first-order valence-electron chi connectivity index (χ1n) is 6.73. The lowest BCUT2D eigenvalue weighted by Crippen LogP contribution is -2.43. The molecular formula is C14H24N2OS. The second-order valence-corrected chi connectivity index (χ2v) is 6.71. The van der Waals surface area contributed by atoms with Gasteiger partial charge in [0.25, 0.3) is 0 Å². The van der Waals surface area contributed by atoms with E-state index in [1.807, 2.05) is 6.07 Å². The molecule has 3 nitrogen and oxygen atoms in total. The Balaban J connectivity index is 1.90. The lowest BCUT2D eigenvalue weighted by atomic mass is 10.1. The smallest absolute Gasteiger partial charge is 0.122 e. The van der Waals surface area contributed by atoms with Crippen molar-refractivity contribution in [3.63, 3.8) is 0 Å². The Morgan fingerprint density at radius 1 is 1.56 bits per heavy atom. The van der Waals surface area contributed by atoms with E-state index in [1.165, 1.54) is 18.6 Å². The third-order valence-corrected chi connectivity index (χ3v) is 5.05. The Morgan fingerprint density at radius 2 is 2.39 bits per heavy atom. The second-order valence-electron chi connectivity index (χ2n) is 5.23. The van der Waals surface area contributed by atoms with Crippen molar-refractivity contribution in [3.8, 4) is 0 Å². The van der Waals surface area contributed by atoms with Crippen molar-refractivity contribution in [1.82, 2.24) is 10.2 Å². The van der Waals surface area contributed by atoms with Crippen LogP contribution in [-0.4, -0.2) is 42.6 Å². The van der Waals surface area contributed by atoms with Crippen LogP contribution < -0.4 is 5.32 Å². The average molecular weight is 268 g/mol. The lowest BCUT2D eigenvalue weighted by molar-refractivity contribution is 0.241. The number of hydrogen-bond acceptors (Lipinski definition) is 4. The Morgan fingerprint density at radius 3 is 3.00 bits per heavy atom. The van der Waals surface area contributed by atoms with Gasteiger partial charge in [-0.3, -0.25) is 4.90 Å². The van der Waals surface area contributed by atoms with Crippen molar-refractivity contribution in [1.29, 1.82) is 0 Å². The van der Waals surface area contributed by atoms with Crippen molar-refractivity contribution in [3.05, 3.63) is 24.2 Å². The highest BCUT2D eigenvalue weighted by Crippen LogP contribution is 2.26. The molecule has 2 heterocycles. The van der Waals surface area contributed by atoms with Gasteiger partial charge in [-0.1, -0.05) is 6.92 Å². The normalized spacial score (nSPS) is 26.4. The van der Waals surface area contributed by atoms with Gasteiger partial charge < -0.3 is 9.73 Å². The van der Waals surface area contributed by atoms with Gasteiger partial charge in [-0.25, -0.2) is 0 Å². The number of thioether (sulfide) groups is 1. The molecule has 4 heteroatoms. The topological polar surface area (TPSA) is 28.4 Å². The van der Waals surface area contributed by atoms with Gasteiger partial charge in [0, 0.05) is 17.8 Å². The molecule has 1 aromatic rings. The molecule has 1 aliphatic rings.